The first-order chi connectivity index (χ1) is 50.4. The van der Waals surface area contributed by atoms with E-state index in [0.29, 0.717) is 25.7 Å². The quantitative estimate of drug-likeness (QED) is 0.0222. The van der Waals surface area contributed by atoms with Gasteiger partial charge in [0.15, 0.2) is 12.2 Å². The second-order valence-electron chi connectivity index (χ2n) is 31.1. The van der Waals surface area contributed by atoms with Crippen LogP contribution in [-0.2, 0) is 65.4 Å². The first-order valence-electron chi connectivity index (χ1n) is 44.1. The third-order valence-electron chi connectivity index (χ3n) is 20.7. The summed E-state index contributed by atoms with van der Waals surface area (Å²) in [5.74, 6) is -0.450. The molecule has 19 heteroatoms. The number of hydrogen-bond acceptors (Lipinski definition) is 15. The van der Waals surface area contributed by atoms with Crippen LogP contribution in [0.5, 0.6) is 0 Å². The summed E-state index contributed by atoms with van der Waals surface area (Å²) in [6.07, 6.45) is 67.9. The molecule has 0 bridgehead atoms. The number of ether oxygens (including phenoxy) is 4. The van der Waals surface area contributed by atoms with Gasteiger partial charge in [-0.2, -0.15) is 0 Å². The molecule has 0 spiro atoms. The highest BCUT2D eigenvalue weighted by Crippen LogP contribution is 2.45. The van der Waals surface area contributed by atoms with E-state index >= 15 is 0 Å². The molecule has 0 heterocycles. The van der Waals surface area contributed by atoms with Gasteiger partial charge in [0.2, 0.25) is 0 Å². The van der Waals surface area contributed by atoms with E-state index in [9.17, 15) is 43.2 Å². The molecule has 0 aromatic rings. The lowest BCUT2D eigenvalue weighted by Crippen LogP contribution is -2.30. The molecule has 4 unspecified atom stereocenters. The van der Waals surface area contributed by atoms with Crippen LogP contribution in [0.1, 0.15) is 452 Å². The number of esters is 4. The van der Waals surface area contributed by atoms with Crippen molar-refractivity contribution < 1.29 is 80.2 Å². The number of aliphatic hydroxyl groups excluding tert-OH is 1. The van der Waals surface area contributed by atoms with Gasteiger partial charge in [-0.25, -0.2) is 9.13 Å². The zero-order valence-corrected chi connectivity index (χ0v) is 70.1. The van der Waals surface area contributed by atoms with E-state index < -0.39 is 97.5 Å². The highest BCUT2D eigenvalue weighted by molar-refractivity contribution is 7.47. The van der Waals surface area contributed by atoms with E-state index in [4.69, 9.17) is 37.0 Å². The van der Waals surface area contributed by atoms with Gasteiger partial charge in [-0.05, 0) is 37.5 Å². The predicted octanol–water partition coefficient (Wildman–Crippen LogP) is 25.8. The Bertz CT molecular complexity index is 2000. The van der Waals surface area contributed by atoms with E-state index in [1.807, 2.05) is 0 Å². The largest absolute Gasteiger partial charge is 0.472 e. The lowest BCUT2D eigenvalue weighted by molar-refractivity contribution is -0.161. The van der Waals surface area contributed by atoms with Crippen molar-refractivity contribution in [3.63, 3.8) is 0 Å². The molecule has 0 saturated carbocycles. The number of hydrogen-bond donors (Lipinski definition) is 3. The normalized spacial score (nSPS) is 14.4. The molecule has 0 amide bonds. The van der Waals surface area contributed by atoms with Crippen molar-refractivity contribution in [2.75, 3.05) is 39.6 Å². The van der Waals surface area contributed by atoms with Gasteiger partial charge in [-0.3, -0.25) is 37.3 Å². The fraction of sp³-hybridized carbons (Fsp3) is 0.953. The molecule has 3 N–H and O–H groups in total. The predicted molar refractivity (Wildman–Crippen MR) is 428 cm³/mol. The Labute approximate surface area is 638 Å². The molecule has 0 aliphatic rings. The molecule has 104 heavy (non-hydrogen) atoms. The summed E-state index contributed by atoms with van der Waals surface area (Å²) in [5.41, 5.74) is 0. The summed E-state index contributed by atoms with van der Waals surface area (Å²) in [4.78, 5) is 73.2. The molecular formula is C85H166O17P2. The zero-order chi connectivity index (χ0) is 76.4. The van der Waals surface area contributed by atoms with Crippen molar-refractivity contribution in [2.45, 2.75) is 471 Å². The van der Waals surface area contributed by atoms with Gasteiger partial charge in [0.1, 0.15) is 19.3 Å². The number of carbonyl (C=O) groups is 4. The van der Waals surface area contributed by atoms with E-state index in [0.717, 1.165) is 102 Å². The number of rotatable bonds is 84. The lowest BCUT2D eigenvalue weighted by Gasteiger charge is -2.21. The SMILES string of the molecule is CCCCCCCCCCCCCCCCCCCCCCCC(=O)O[C@H](COC(=O)CCCCCCCCCCCCCCCCC(C)CC)COP(=O)(O)OC[C@@H](O)COP(=O)(O)OC[C@@H](COC(=O)CCCCCCCCCCCCC)OC(=O)CCCCCCCCCCCCC(C)CC. The van der Waals surface area contributed by atoms with Crippen LogP contribution in [0, 0.1) is 11.8 Å². The number of phosphoric ester groups is 2. The van der Waals surface area contributed by atoms with Gasteiger partial charge in [-0.1, -0.05) is 401 Å². The minimum absolute atomic E-state index is 0.107. The van der Waals surface area contributed by atoms with E-state index in [1.54, 1.807) is 0 Å². The number of carbonyl (C=O) groups excluding carboxylic acids is 4. The first-order valence-corrected chi connectivity index (χ1v) is 47.1. The van der Waals surface area contributed by atoms with Crippen molar-refractivity contribution in [1.82, 2.24) is 0 Å². The summed E-state index contributed by atoms with van der Waals surface area (Å²) in [5, 5.41) is 10.7. The minimum Gasteiger partial charge on any atom is -0.462 e. The highest BCUT2D eigenvalue weighted by atomic mass is 31.2. The molecule has 0 aliphatic heterocycles. The molecule has 618 valence electrons. The summed E-state index contributed by atoms with van der Waals surface area (Å²) in [6, 6.07) is 0. The van der Waals surface area contributed by atoms with Gasteiger partial charge in [0, 0.05) is 25.7 Å². The average Bonchev–Trinajstić information content (AvgIpc) is 0.908. The molecule has 0 aliphatic carbocycles. The van der Waals surface area contributed by atoms with Gasteiger partial charge < -0.3 is 33.8 Å². The van der Waals surface area contributed by atoms with Crippen LogP contribution in [-0.4, -0.2) is 96.7 Å². The molecule has 0 fully saturated rings. The Hall–Kier alpha value is -1.94. The second-order valence-corrected chi connectivity index (χ2v) is 34.0. The number of phosphoric acid groups is 2. The molecule has 0 saturated heterocycles. The van der Waals surface area contributed by atoms with E-state index in [2.05, 4.69) is 41.5 Å². The zero-order valence-electron chi connectivity index (χ0n) is 68.3. The fourth-order valence-electron chi connectivity index (χ4n) is 13.2. The molecular weight excluding hydrogens is 1350 g/mol. The Morgan fingerprint density at radius 1 is 0.269 bits per heavy atom. The second kappa shape index (κ2) is 76.4. The number of aliphatic hydroxyl groups is 1. The molecule has 0 rings (SSSR count). The molecule has 17 nitrogen and oxygen atoms in total. The highest BCUT2D eigenvalue weighted by Gasteiger charge is 2.30. The van der Waals surface area contributed by atoms with Crippen LogP contribution in [0.15, 0.2) is 0 Å². The van der Waals surface area contributed by atoms with Crippen molar-refractivity contribution >= 4 is 39.5 Å². The van der Waals surface area contributed by atoms with E-state index in [-0.39, 0.29) is 25.7 Å². The fourth-order valence-corrected chi connectivity index (χ4v) is 14.8. The Balaban J connectivity index is 5.24. The monoisotopic (exact) mass is 1520 g/mol. The average molecular weight is 1520 g/mol. The Morgan fingerprint density at radius 2 is 0.462 bits per heavy atom. The summed E-state index contributed by atoms with van der Waals surface area (Å²) in [6.45, 7) is 9.74. The third-order valence-corrected chi connectivity index (χ3v) is 22.6. The number of unbranched alkanes of at least 4 members (excludes halogenated alkanes) is 52. The van der Waals surface area contributed by atoms with Crippen LogP contribution in [0.25, 0.3) is 0 Å². The summed E-state index contributed by atoms with van der Waals surface area (Å²) >= 11 is 0. The van der Waals surface area contributed by atoms with Gasteiger partial charge in [0.05, 0.1) is 26.4 Å². The smallest absolute Gasteiger partial charge is 0.462 e. The summed E-state index contributed by atoms with van der Waals surface area (Å²) in [7, 11) is -9.93. The minimum atomic E-state index is -4.97. The lowest BCUT2D eigenvalue weighted by atomic mass is 9.99. The maximum atomic E-state index is 13.1. The van der Waals surface area contributed by atoms with Gasteiger partial charge >= 0.3 is 39.5 Å². The van der Waals surface area contributed by atoms with Crippen LogP contribution in [0.4, 0.5) is 0 Å². The Morgan fingerprint density at radius 3 is 0.683 bits per heavy atom. The molecule has 0 aromatic heterocycles. The van der Waals surface area contributed by atoms with Crippen molar-refractivity contribution in [3.05, 3.63) is 0 Å². The van der Waals surface area contributed by atoms with Crippen molar-refractivity contribution in [1.29, 1.82) is 0 Å². The molecule has 7 atom stereocenters. The summed E-state index contributed by atoms with van der Waals surface area (Å²) < 4.78 is 68.9. The first kappa shape index (κ1) is 102. The third kappa shape index (κ3) is 75.5. The van der Waals surface area contributed by atoms with Crippen LogP contribution in [0.3, 0.4) is 0 Å². The maximum absolute atomic E-state index is 13.1. The Kier molecular flexibility index (Phi) is 75.0. The van der Waals surface area contributed by atoms with Crippen molar-refractivity contribution in [3.8, 4) is 0 Å². The van der Waals surface area contributed by atoms with Gasteiger partial charge in [0.25, 0.3) is 0 Å². The van der Waals surface area contributed by atoms with Crippen molar-refractivity contribution in [2.24, 2.45) is 11.8 Å². The topological polar surface area (TPSA) is 237 Å². The van der Waals surface area contributed by atoms with Crippen LogP contribution < -0.4 is 0 Å². The van der Waals surface area contributed by atoms with Gasteiger partial charge in [-0.15, -0.1) is 0 Å². The standard InChI is InChI=1S/C85H166O17P2/c1-7-11-13-15-17-19-21-22-23-24-25-26-27-28-29-34-38-45-51-57-63-69-84(89)101-80(74-96-83(88)68-62-56-50-44-37-33-31-30-32-36-41-47-53-59-65-77(5)9-3)75-99-103(91,92)97-71-79(86)72-98-104(93,94)100-76-81(73-95-82(87)67-61-55-49-43-35-20-18-16-14-12-8-2)102-85(90)70-64-58-52-46-40-39-42-48-54-60-66-78(6)10-4/h77-81,86H,7-76H2,1-6H3,(H,91,92)(H,93,94)/t77?,78?,79-,80-,81-/m1/s1. The molecule has 0 aromatic carbocycles. The van der Waals surface area contributed by atoms with Crippen LogP contribution >= 0.6 is 15.6 Å². The maximum Gasteiger partial charge on any atom is 0.472 e. The van der Waals surface area contributed by atoms with E-state index in [1.165, 1.54) is 270 Å². The molecule has 0 radical (unpaired) electrons. The van der Waals surface area contributed by atoms with Crippen LogP contribution in [0.2, 0.25) is 0 Å².